The van der Waals surface area contributed by atoms with Crippen molar-refractivity contribution in [1.29, 1.82) is 0 Å². The molecule has 4 saturated carbocycles. The van der Waals surface area contributed by atoms with Gasteiger partial charge in [0.2, 0.25) is 0 Å². The molecule has 0 aromatic heterocycles. The second-order valence-electron chi connectivity index (χ2n) is 10.2. The highest BCUT2D eigenvalue weighted by Gasteiger charge is 2.63. The van der Waals surface area contributed by atoms with Crippen LogP contribution in [0.1, 0.15) is 71.6 Å². The smallest absolute Gasteiger partial charge is 0.0704 e. The van der Waals surface area contributed by atoms with Crippen molar-refractivity contribution in [3.05, 3.63) is 0 Å². The third-order valence-corrected chi connectivity index (χ3v) is 9.50. The fraction of sp³-hybridized carbons (Fsp3) is 1.00. The summed E-state index contributed by atoms with van der Waals surface area (Å²) in [6, 6.07) is 0. The van der Waals surface area contributed by atoms with E-state index in [2.05, 4.69) is 13.8 Å². The van der Waals surface area contributed by atoms with Crippen LogP contribution in [0.15, 0.2) is 0 Å². The zero-order valence-corrected chi connectivity index (χ0v) is 15.8. The predicted octanol–water partition coefficient (Wildman–Crippen LogP) is 5.06. The molecule has 0 N–H and O–H groups in total. The minimum absolute atomic E-state index is 0.370. The van der Waals surface area contributed by atoms with Gasteiger partial charge < -0.3 is 9.47 Å². The second kappa shape index (κ2) is 5.71. The number of fused-ring (bicyclic) bond motifs is 4. The topological polar surface area (TPSA) is 18.5 Å². The first-order chi connectivity index (χ1) is 11.7. The highest BCUT2D eigenvalue weighted by atomic mass is 16.5. The lowest BCUT2D eigenvalue weighted by Crippen LogP contribution is -2.57. The molecule has 0 radical (unpaired) electrons. The summed E-state index contributed by atoms with van der Waals surface area (Å²) in [4.78, 5) is 0. The molecule has 5 aliphatic rings. The first-order valence-electron chi connectivity index (χ1n) is 10.8. The van der Waals surface area contributed by atoms with Crippen molar-refractivity contribution < 1.29 is 9.47 Å². The summed E-state index contributed by atoms with van der Waals surface area (Å²) in [5.74, 6) is 4.74. The lowest BCUT2D eigenvalue weighted by Gasteiger charge is -2.62. The van der Waals surface area contributed by atoms with Crippen LogP contribution in [0.5, 0.6) is 0 Å². The molecule has 0 bridgehead atoms. The summed E-state index contributed by atoms with van der Waals surface area (Å²) < 4.78 is 12.4. The van der Waals surface area contributed by atoms with Crippen LogP contribution in [0.2, 0.25) is 0 Å². The van der Waals surface area contributed by atoms with Crippen LogP contribution in [-0.2, 0) is 9.47 Å². The van der Waals surface area contributed by atoms with Crippen LogP contribution in [0.3, 0.4) is 0 Å². The van der Waals surface area contributed by atoms with E-state index in [1.807, 2.05) is 0 Å². The van der Waals surface area contributed by atoms with E-state index in [0.29, 0.717) is 16.9 Å². The zero-order chi connectivity index (χ0) is 16.4. The fourth-order valence-corrected chi connectivity index (χ4v) is 8.60. The summed E-state index contributed by atoms with van der Waals surface area (Å²) in [6.07, 6.45) is 13.5. The zero-order valence-electron chi connectivity index (χ0n) is 15.8. The molecule has 1 heterocycles. The Labute approximate surface area is 148 Å². The van der Waals surface area contributed by atoms with Crippen molar-refractivity contribution in [3.8, 4) is 0 Å². The van der Waals surface area contributed by atoms with Gasteiger partial charge in [-0.2, -0.15) is 0 Å². The SMILES string of the molecule is C[C@@H]1C[C@H]2[C@@H]3CCC4OCCOC[C@@]43CC[C@@H]2[C@@]2(C)CCCCC12. The van der Waals surface area contributed by atoms with E-state index in [1.165, 1.54) is 57.8 Å². The van der Waals surface area contributed by atoms with Gasteiger partial charge in [0.05, 0.1) is 25.9 Å². The highest BCUT2D eigenvalue weighted by molar-refractivity contribution is 5.11. The van der Waals surface area contributed by atoms with Gasteiger partial charge in [0.15, 0.2) is 0 Å². The van der Waals surface area contributed by atoms with Crippen LogP contribution in [-0.4, -0.2) is 25.9 Å². The normalized spacial score (nSPS) is 57.2. The molecule has 1 aliphatic heterocycles. The lowest BCUT2D eigenvalue weighted by atomic mass is 9.43. The number of hydrogen-bond acceptors (Lipinski definition) is 2. The second-order valence-corrected chi connectivity index (χ2v) is 10.2. The van der Waals surface area contributed by atoms with Gasteiger partial charge in [-0.05, 0) is 80.0 Å². The first-order valence-corrected chi connectivity index (χ1v) is 10.8. The molecule has 4 aliphatic carbocycles. The van der Waals surface area contributed by atoms with Crippen molar-refractivity contribution in [2.24, 2.45) is 40.4 Å². The molecule has 5 rings (SSSR count). The summed E-state index contributed by atoms with van der Waals surface area (Å²) >= 11 is 0. The van der Waals surface area contributed by atoms with Gasteiger partial charge in [0.25, 0.3) is 0 Å². The molecule has 5 fully saturated rings. The maximum absolute atomic E-state index is 6.30. The minimum atomic E-state index is 0.370. The van der Waals surface area contributed by atoms with Crippen LogP contribution in [0.25, 0.3) is 0 Å². The van der Waals surface area contributed by atoms with Crippen LogP contribution >= 0.6 is 0 Å². The van der Waals surface area contributed by atoms with Crippen LogP contribution in [0.4, 0.5) is 0 Å². The maximum atomic E-state index is 6.30. The van der Waals surface area contributed by atoms with Crippen molar-refractivity contribution in [1.82, 2.24) is 0 Å². The van der Waals surface area contributed by atoms with E-state index < -0.39 is 0 Å². The molecule has 0 amide bonds. The molecule has 1 spiro atoms. The molecule has 1 saturated heterocycles. The molecule has 0 aromatic rings. The van der Waals surface area contributed by atoms with E-state index in [1.54, 1.807) is 0 Å². The van der Waals surface area contributed by atoms with Crippen LogP contribution in [0, 0.1) is 40.4 Å². The van der Waals surface area contributed by atoms with Gasteiger partial charge in [-0.25, -0.2) is 0 Å². The maximum Gasteiger partial charge on any atom is 0.0704 e. The molecule has 2 nitrogen and oxygen atoms in total. The van der Waals surface area contributed by atoms with Gasteiger partial charge in [-0.3, -0.25) is 0 Å². The third kappa shape index (κ3) is 2.08. The van der Waals surface area contributed by atoms with E-state index >= 15 is 0 Å². The van der Waals surface area contributed by atoms with E-state index in [-0.39, 0.29) is 0 Å². The summed E-state index contributed by atoms with van der Waals surface area (Å²) in [5.41, 5.74) is 1.00. The van der Waals surface area contributed by atoms with Gasteiger partial charge in [0.1, 0.15) is 0 Å². The van der Waals surface area contributed by atoms with E-state index in [9.17, 15) is 0 Å². The monoisotopic (exact) mass is 332 g/mol. The Morgan fingerprint density at radius 1 is 0.875 bits per heavy atom. The molecule has 24 heavy (non-hydrogen) atoms. The molecule has 2 heteroatoms. The van der Waals surface area contributed by atoms with Crippen LogP contribution < -0.4 is 0 Å². The Kier molecular flexibility index (Phi) is 3.83. The van der Waals surface area contributed by atoms with E-state index in [0.717, 1.165) is 49.4 Å². The Bertz CT molecular complexity index is 490. The Hall–Kier alpha value is -0.0800. The fourth-order valence-electron chi connectivity index (χ4n) is 8.60. The average molecular weight is 333 g/mol. The molecule has 0 aromatic carbocycles. The Morgan fingerprint density at radius 2 is 1.79 bits per heavy atom. The minimum Gasteiger partial charge on any atom is -0.378 e. The van der Waals surface area contributed by atoms with Crippen molar-refractivity contribution in [3.63, 3.8) is 0 Å². The van der Waals surface area contributed by atoms with Gasteiger partial charge in [-0.1, -0.05) is 26.7 Å². The quantitative estimate of drug-likeness (QED) is 0.617. The Balaban J connectivity index is 1.49. The standard InChI is InChI=1S/C22H36O2/c1-15-13-16-18(21(2)9-4-3-5-17(15)21)8-10-22-14-23-11-12-24-20(22)7-6-19(16)22/h15-20H,3-14H2,1-2H3/t15-,16-,17?,18+,19+,20?,21+,22-/m1/s1. The number of ether oxygens (including phenoxy) is 2. The third-order valence-electron chi connectivity index (χ3n) is 9.50. The van der Waals surface area contributed by atoms with E-state index in [4.69, 9.17) is 9.47 Å². The summed E-state index contributed by atoms with van der Waals surface area (Å²) in [6.45, 7) is 7.89. The van der Waals surface area contributed by atoms with Gasteiger partial charge in [-0.15, -0.1) is 0 Å². The summed E-state index contributed by atoms with van der Waals surface area (Å²) in [7, 11) is 0. The molecule has 136 valence electrons. The van der Waals surface area contributed by atoms with Crippen molar-refractivity contribution in [2.75, 3.05) is 19.8 Å². The average Bonchev–Trinajstić information content (AvgIpc) is 2.82. The predicted molar refractivity (Wildman–Crippen MR) is 95.8 cm³/mol. The first kappa shape index (κ1) is 16.1. The van der Waals surface area contributed by atoms with Gasteiger partial charge >= 0.3 is 0 Å². The molecular weight excluding hydrogens is 296 g/mol. The summed E-state index contributed by atoms with van der Waals surface area (Å²) in [5, 5.41) is 0. The highest BCUT2D eigenvalue weighted by Crippen LogP contribution is 2.67. The van der Waals surface area contributed by atoms with Crippen molar-refractivity contribution >= 4 is 0 Å². The molecule has 2 unspecified atom stereocenters. The molecule has 8 atom stereocenters. The van der Waals surface area contributed by atoms with Crippen molar-refractivity contribution in [2.45, 2.75) is 77.7 Å². The van der Waals surface area contributed by atoms with Gasteiger partial charge in [0, 0.05) is 5.41 Å². The number of hydrogen-bond donors (Lipinski definition) is 0. The number of rotatable bonds is 0. The largest absolute Gasteiger partial charge is 0.378 e. The Morgan fingerprint density at radius 3 is 2.71 bits per heavy atom. The lowest BCUT2D eigenvalue weighted by molar-refractivity contribution is -0.154. The molecular formula is C22H36O2.